The lowest BCUT2D eigenvalue weighted by atomic mass is 10.2. The number of rotatable bonds is 2. The summed E-state index contributed by atoms with van der Waals surface area (Å²) in [5.74, 6) is 0. The van der Waals surface area contributed by atoms with E-state index in [-0.39, 0.29) is 12.2 Å². The molecular formula is C8H16N2O2. The maximum Gasteiger partial charge on any atom is 0.410 e. The van der Waals surface area contributed by atoms with Crippen LogP contribution in [0.25, 0.3) is 0 Å². The summed E-state index contributed by atoms with van der Waals surface area (Å²) in [5, 5.41) is 3.10. The molecule has 4 heteroatoms. The minimum Gasteiger partial charge on any atom is -0.447 e. The van der Waals surface area contributed by atoms with Crippen molar-refractivity contribution in [3.63, 3.8) is 0 Å². The molecule has 0 radical (unpaired) electrons. The third-order valence-electron chi connectivity index (χ3n) is 1.93. The smallest absolute Gasteiger partial charge is 0.410 e. The van der Waals surface area contributed by atoms with Gasteiger partial charge in [-0.2, -0.15) is 0 Å². The zero-order chi connectivity index (χ0) is 9.14. The van der Waals surface area contributed by atoms with Gasteiger partial charge >= 0.3 is 6.09 Å². The van der Waals surface area contributed by atoms with Crippen LogP contribution in [0.1, 0.15) is 13.8 Å². The molecule has 1 aliphatic heterocycles. The minimum absolute atomic E-state index is 0.0343. The van der Waals surface area contributed by atoms with Crippen LogP contribution in [0.5, 0.6) is 0 Å². The van der Waals surface area contributed by atoms with Gasteiger partial charge in [-0.05, 0) is 13.8 Å². The summed E-state index contributed by atoms with van der Waals surface area (Å²) in [7, 11) is 1.77. The maximum atomic E-state index is 11.3. The topological polar surface area (TPSA) is 41.6 Å². The molecule has 0 bridgehead atoms. The lowest BCUT2D eigenvalue weighted by Gasteiger charge is -2.35. The SMILES string of the molecule is CC(C)OC(=O)N(C)C1CNC1. The van der Waals surface area contributed by atoms with E-state index in [0.29, 0.717) is 6.04 Å². The maximum absolute atomic E-state index is 11.3. The monoisotopic (exact) mass is 172 g/mol. The molecule has 0 aromatic rings. The number of carbonyl (C=O) groups is 1. The highest BCUT2D eigenvalue weighted by atomic mass is 16.6. The Labute approximate surface area is 72.9 Å². The summed E-state index contributed by atoms with van der Waals surface area (Å²) in [6.45, 7) is 5.46. The molecule has 70 valence electrons. The van der Waals surface area contributed by atoms with Gasteiger partial charge in [0.05, 0.1) is 12.1 Å². The third kappa shape index (κ3) is 2.11. The zero-order valence-electron chi connectivity index (χ0n) is 7.83. The van der Waals surface area contributed by atoms with E-state index in [1.54, 1.807) is 11.9 Å². The lowest BCUT2D eigenvalue weighted by molar-refractivity contribution is 0.0638. The molecule has 0 saturated carbocycles. The molecule has 1 aliphatic rings. The van der Waals surface area contributed by atoms with Gasteiger partial charge in [-0.25, -0.2) is 4.79 Å². The zero-order valence-corrected chi connectivity index (χ0v) is 7.83. The summed E-state index contributed by atoms with van der Waals surface area (Å²) in [4.78, 5) is 12.9. The molecule has 0 atom stereocenters. The van der Waals surface area contributed by atoms with Gasteiger partial charge in [0.25, 0.3) is 0 Å². The first-order valence-corrected chi connectivity index (χ1v) is 4.25. The van der Waals surface area contributed by atoms with Gasteiger partial charge in [0.1, 0.15) is 0 Å². The van der Waals surface area contributed by atoms with Gasteiger partial charge in [-0.1, -0.05) is 0 Å². The van der Waals surface area contributed by atoms with E-state index in [9.17, 15) is 4.79 Å². The number of hydrogen-bond acceptors (Lipinski definition) is 3. The number of amides is 1. The Morgan fingerprint density at radius 3 is 2.50 bits per heavy atom. The molecule has 0 aliphatic carbocycles. The number of nitrogens with zero attached hydrogens (tertiary/aromatic N) is 1. The van der Waals surface area contributed by atoms with Crippen LogP contribution < -0.4 is 5.32 Å². The van der Waals surface area contributed by atoms with E-state index in [1.807, 2.05) is 13.8 Å². The minimum atomic E-state index is -0.225. The van der Waals surface area contributed by atoms with Crippen molar-refractivity contribution >= 4 is 6.09 Å². The van der Waals surface area contributed by atoms with Crippen molar-refractivity contribution in [2.45, 2.75) is 26.0 Å². The molecule has 1 saturated heterocycles. The molecule has 0 unspecified atom stereocenters. The number of ether oxygens (including phenoxy) is 1. The molecule has 0 spiro atoms. The number of nitrogens with one attached hydrogen (secondary N) is 1. The molecule has 4 nitrogen and oxygen atoms in total. The van der Waals surface area contributed by atoms with Crippen molar-refractivity contribution < 1.29 is 9.53 Å². The summed E-state index contributed by atoms with van der Waals surface area (Å²) in [6, 6.07) is 0.316. The van der Waals surface area contributed by atoms with Crippen LogP contribution >= 0.6 is 0 Å². The van der Waals surface area contributed by atoms with E-state index < -0.39 is 0 Å². The Kier molecular flexibility index (Phi) is 2.92. The van der Waals surface area contributed by atoms with Crippen molar-refractivity contribution in [1.82, 2.24) is 10.2 Å². The van der Waals surface area contributed by atoms with Crippen molar-refractivity contribution in [2.24, 2.45) is 0 Å². The predicted molar refractivity (Wildman–Crippen MR) is 46.0 cm³/mol. The lowest BCUT2D eigenvalue weighted by Crippen LogP contribution is -2.57. The van der Waals surface area contributed by atoms with E-state index in [4.69, 9.17) is 4.74 Å². The average molecular weight is 172 g/mol. The fourth-order valence-electron chi connectivity index (χ4n) is 0.981. The summed E-state index contributed by atoms with van der Waals surface area (Å²) >= 11 is 0. The van der Waals surface area contributed by atoms with Gasteiger partial charge in [0.15, 0.2) is 0 Å². The first-order valence-electron chi connectivity index (χ1n) is 4.25. The van der Waals surface area contributed by atoms with Crippen LogP contribution in [0, 0.1) is 0 Å². The number of carbonyl (C=O) groups excluding carboxylic acids is 1. The van der Waals surface area contributed by atoms with Gasteiger partial charge in [-0.3, -0.25) is 0 Å². The van der Waals surface area contributed by atoms with Crippen molar-refractivity contribution in [3.05, 3.63) is 0 Å². The fraction of sp³-hybridized carbons (Fsp3) is 0.875. The highest BCUT2D eigenvalue weighted by molar-refractivity contribution is 5.68. The quantitative estimate of drug-likeness (QED) is 0.657. The largest absolute Gasteiger partial charge is 0.447 e. The van der Waals surface area contributed by atoms with Gasteiger partial charge in [0.2, 0.25) is 0 Å². The molecule has 1 amide bonds. The van der Waals surface area contributed by atoms with Crippen LogP contribution in [0.15, 0.2) is 0 Å². The Bertz CT molecular complexity index is 166. The summed E-state index contributed by atoms with van der Waals surface area (Å²) in [6.07, 6.45) is -0.260. The first-order chi connectivity index (χ1) is 5.61. The molecule has 1 N–H and O–H groups in total. The van der Waals surface area contributed by atoms with Crippen LogP contribution in [0.4, 0.5) is 4.79 Å². The van der Waals surface area contributed by atoms with E-state index in [0.717, 1.165) is 13.1 Å². The number of likely N-dealkylation sites (N-methyl/N-ethyl adjacent to an activating group) is 1. The summed E-state index contributed by atoms with van der Waals surface area (Å²) in [5.41, 5.74) is 0. The van der Waals surface area contributed by atoms with E-state index in [1.165, 1.54) is 0 Å². The van der Waals surface area contributed by atoms with Crippen LogP contribution in [0.3, 0.4) is 0 Å². The van der Waals surface area contributed by atoms with E-state index in [2.05, 4.69) is 5.32 Å². The molecule has 0 aromatic heterocycles. The average Bonchev–Trinajstić information content (AvgIpc) is 1.81. The first kappa shape index (κ1) is 9.32. The molecule has 1 rings (SSSR count). The molecule has 1 heterocycles. The Morgan fingerprint density at radius 2 is 2.17 bits per heavy atom. The molecule has 0 aromatic carbocycles. The highest BCUT2D eigenvalue weighted by Gasteiger charge is 2.26. The van der Waals surface area contributed by atoms with E-state index >= 15 is 0 Å². The van der Waals surface area contributed by atoms with Gasteiger partial charge < -0.3 is 15.0 Å². The normalized spacial score (nSPS) is 17.3. The third-order valence-corrected chi connectivity index (χ3v) is 1.93. The van der Waals surface area contributed by atoms with Crippen molar-refractivity contribution in [1.29, 1.82) is 0 Å². The Hall–Kier alpha value is -0.770. The predicted octanol–water partition coefficient (Wildman–Crippen LogP) is 0.435. The van der Waals surface area contributed by atoms with Crippen LogP contribution in [-0.4, -0.2) is 43.3 Å². The number of hydrogen-bond donors (Lipinski definition) is 1. The second-order valence-corrected chi connectivity index (χ2v) is 3.36. The Balaban J connectivity index is 2.30. The molecular weight excluding hydrogens is 156 g/mol. The fourth-order valence-corrected chi connectivity index (χ4v) is 0.981. The Morgan fingerprint density at radius 1 is 1.58 bits per heavy atom. The standard InChI is InChI=1S/C8H16N2O2/c1-6(2)12-8(11)10(3)7-4-9-5-7/h6-7,9H,4-5H2,1-3H3. The van der Waals surface area contributed by atoms with Gasteiger partial charge in [-0.15, -0.1) is 0 Å². The highest BCUT2D eigenvalue weighted by Crippen LogP contribution is 2.05. The van der Waals surface area contributed by atoms with Gasteiger partial charge in [0, 0.05) is 20.1 Å². The second kappa shape index (κ2) is 3.76. The van der Waals surface area contributed by atoms with Crippen LogP contribution in [-0.2, 0) is 4.74 Å². The van der Waals surface area contributed by atoms with Crippen LogP contribution in [0.2, 0.25) is 0 Å². The second-order valence-electron chi connectivity index (χ2n) is 3.36. The van der Waals surface area contributed by atoms with Crippen molar-refractivity contribution in [3.8, 4) is 0 Å². The summed E-state index contributed by atoms with van der Waals surface area (Å²) < 4.78 is 5.03. The van der Waals surface area contributed by atoms with Crippen molar-refractivity contribution in [2.75, 3.05) is 20.1 Å². The molecule has 12 heavy (non-hydrogen) atoms. The molecule has 1 fully saturated rings.